The fourth-order valence-electron chi connectivity index (χ4n) is 6.65. The maximum atomic E-state index is 12.5. The third-order valence-corrected chi connectivity index (χ3v) is 9.04. The van der Waals surface area contributed by atoms with Gasteiger partial charge in [-0.2, -0.15) is 0 Å². The Morgan fingerprint density at radius 2 is 2.06 bits per heavy atom. The van der Waals surface area contributed by atoms with E-state index in [0.717, 1.165) is 43.3 Å². The Morgan fingerprint density at radius 3 is 2.76 bits per heavy atom. The third kappa shape index (κ3) is 6.22. The first-order chi connectivity index (χ1) is 16.0. The summed E-state index contributed by atoms with van der Waals surface area (Å²) in [6.45, 7) is 12.2. The highest BCUT2D eigenvalue weighted by Gasteiger charge is 2.51. The molecule has 3 fully saturated rings. The number of ether oxygens (including phenoxy) is 1. The van der Waals surface area contributed by atoms with E-state index < -0.39 is 17.8 Å². The first-order valence-corrected chi connectivity index (χ1v) is 13.3. The van der Waals surface area contributed by atoms with Crippen molar-refractivity contribution in [2.75, 3.05) is 0 Å². The largest absolute Gasteiger partial charge is 0.462 e. The van der Waals surface area contributed by atoms with Gasteiger partial charge < -0.3 is 20.1 Å². The molecule has 0 heterocycles. The summed E-state index contributed by atoms with van der Waals surface area (Å²) in [5.41, 5.74) is 2.51. The molecule has 7 atom stereocenters. The number of esters is 1. The summed E-state index contributed by atoms with van der Waals surface area (Å²) < 4.78 is 5.91. The second-order valence-corrected chi connectivity index (χ2v) is 11.6. The molecule has 0 radical (unpaired) electrons. The van der Waals surface area contributed by atoms with Crippen LogP contribution in [0, 0.1) is 17.3 Å². The van der Waals surface area contributed by atoms with Gasteiger partial charge in [0.1, 0.15) is 6.10 Å². The van der Waals surface area contributed by atoms with Crippen LogP contribution >= 0.6 is 0 Å². The Kier molecular flexibility index (Phi) is 8.86. The molecule has 5 nitrogen and oxygen atoms in total. The number of fused-ring (bicyclic) bond motifs is 1. The van der Waals surface area contributed by atoms with E-state index in [1.807, 2.05) is 20.8 Å². The van der Waals surface area contributed by atoms with Gasteiger partial charge in [-0.3, -0.25) is 4.79 Å². The highest BCUT2D eigenvalue weighted by atomic mass is 16.5. The van der Waals surface area contributed by atoms with Crippen molar-refractivity contribution in [1.82, 2.24) is 0 Å². The van der Waals surface area contributed by atoms with E-state index in [0.29, 0.717) is 50.4 Å². The molecule has 3 rings (SSSR count). The Balaban J connectivity index is 1.63. The van der Waals surface area contributed by atoms with E-state index in [1.165, 1.54) is 5.57 Å². The zero-order valence-corrected chi connectivity index (χ0v) is 21.7. The van der Waals surface area contributed by atoms with Crippen LogP contribution < -0.4 is 0 Å². The van der Waals surface area contributed by atoms with E-state index in [-0.39, 0.29) is 17.5 Å². The number of allylic oxidation sites excluding steroid dienone is 3. The fraction of sp³-hybridized carbons (Fsp3) is 0.759. The highest BCUT2D eigenvalue weighted by Crippen LogP contribution is 2.58. The summed E-state index contributed by atoms with van der Waals surface area (Å²) in [4.78, 5) is 12.5. The second kappa shape index (κ2) is 11.1. The van der Waals surface area contributed by atoms with Crippen LogP contribution in [-0.4, -0.2) is 45.2 Å². The van der Waals surface area contributed by atoms with Crippen LogP contribution in [0.25, 0.3) is 0 Å². The number of rotatable bonds is 8. The lowest BCUT2D eigenvalue weighted by molar-refractivity contribution is -0.153. The Morgan fingerprint density at radius 1 is 1.32 bits per heavy atom. The molecule has 0 bridgehead atoms. The number of hydrogen-bond donors (Lipinski definition) is 3. The van der Waals surface area contributed by atoms with Gasteiger partial charge in [-0.15, -0.1) is 0 Å². The minimum atomic E-state index is -0.710. The minimum Gasteiger partial charge on any atom is -0.462 e. The maximum absolute atomic E-state index is 12.5. The molecule has 192 valence electrons. The highest BCUT2D eigenvalue weighted by molar-refractivity contribution is 5.69. The van der Waals surface area contributed by atoms with Crippen molar-refractivity contribution in [2.45, 2.75) is 122 Å². The molecule has 1 unspecified atom stereocenters. The van der Waals surface area contributed by atoms with E-state index in [9.17, 15) is 20.1 Å². The summed E-state index contributed by atoms with van der Waals surface area (Å²) in [6.07, 6.45) is 11.7. The lowest BCUT2D eigenvalue weighted by atomic mass is 9.62. The van der Waals surface area contributed by atoms with E-state index in [4.69, 9.17) is 4.74 Å². The van der Waals surface area contributed by atoms with Crippen molar-refractivity contribution in [1.29, 1.82) is 0 Å². The van der Waals surface area contributed by atoms with Crippen molar-refractivity contribution in [3.63, 3.8) is 0 Å². The van der Waals surface area contributed by atoms with E-state index >= 15 is 0 Å². The molecular weight excluding hydrogens is 428 g/mol. The lowest BCUT2D eigenvalue weighted by Gasteiger charge is -2.44. The monoisotopic (exact) mass is 474 g/mol. The van der Waals surface area contributed by atoms with Crippen LogP contribution in [0.2, 0.25) is 0 Å². The van der Waals surface area contributed by atoms with Gasteiger partial charge in [-0.25, -0.2) is 0 Å². The zero-order chi connectivity index (χ0) is 25.1. The SMILES string of the molecule is C=C1/C(=C\C=C2/CCC[C@]3(C)[C@@H]([C@H](C)OC(=O)CCCC(C)(O)CC)CC[C@@H]23)C[C@@H](O)C[C@@H]1O. The van der Waals surface area contributed by atoms with Gasteiger partial charge in [0.25, 0.3) is 0 Å². The van der Waals surface area contributed by atoms with Crippen LogP contribution in [0.15, 0.2) is 35.5 Å². The first kappa shape index (κ1) is 27.2. The summed E-state index contributed by atoms with van der Waals surface area (Å²) in [6, 6.07) is 0. The van der Waals surface area contributed by atoms with Gasteiger partial charge in [0, 0.05) is 18.8 Å². The molecule has 3 saturated carbocycles. The van der Waals surface area contributed by atoms with Gasteiger partial charge in [-0.05, 0) is 94.1 Å². The standard InChI is InChI=1S/C29H46O5/c1-6-28(4,33)15-8-10-27(32)34-20(3)24-13-14-25-21(9-7-16-29(24,25)5)11-12-22-17-23(30)18-26(31)19(22)2/h11-12,20,23-26,30-31,33H,2,6-10,13-18H2,1,3-5H3/b21-11+,22-12-/t20-,23+,24+,25-,26-,28?,29+/m0/s1. The van der Waals surface area contributed by atoms with Crippen molar-refractivity contribution in [3.05, 3.63) is 35.5 Å². The molecule has 0 aromatic carbocycles. The van der Waals surface area contributed by atoms with Crippen molar-refractivity contribution >= 4 is 5.97 Å². The molecule has 0 saturated heterocycles. The van der Waals surface area contributed by atoms with Crippen molar-refractivity contribution < 1.29 is 24.9 Å². The van der Waals surface area contributed by atoms with Crippen LogP contribution in [0.3, 0.4) is 0 Å². The number of carbonyl (C=O) groups is 1. The van der Waals surface area contributed by atoms with E-state index in [2.05, 4.69) is 25.7 Å². The normalized spacial score (nSPS) is 36.9. The van der Waals surface area contributed by atoms with Crippen LogP contribution in [0.4, 0.5) is 0 Å². The molecule has 3 aliphatic carbocycles. The van der Waals surface area contributed by atoms with Gasteiger partial charge >= 0.3 is 5.97 Å². The van der Waals surface area contributed by atoms with Crippen LogP contribution in [-0.2, 0) is 9.53 Å². The van der Waals surface area contributed by atoms with Gasteiger partial charge in [0.05, 0.1) is 17.8 Å². The van der Waals surface area contributed by atoms with Crippen molar-refractivity contribution in [3.8, 4) is 0 Å². The summed E-state index contributed by atoms with van der Waals surface area (Å²) >= 11 is 0. The third-order valence-electron chi connectivity index (χ3n) is 9.04. The van der Waals surface area contributed by atoms with Crippen molar-refractivity contribution in [2.24, 2.45) is 17.3 Å². The summed E-state index contributed by atoms with van der Waals surface area (Å²) in [5, 5.41) is 30.4. The smallest absolute Gasteiger partial charge is 0.306 e. The van der Waals surface area contributed by atoms with Gasteiger partial charge in [-0.1, -0.05) is 38.2 Å². The molecule has 0 aliphatic heterocycles. The number of carbonyl (C=O) groups excluding carboxylic acids is 1. The lowest BCUT2D eigenvalue weighted by Crippen LogP contribution is -2.39. The second-order valence-electron chi connectivity index (χ2n) is 11.6. The topological polar surface area (TPSA) is 87.0 Å². The molecule has 0 aromatic rings. The number of aliphatic hydroxyl groups is 3. The quantitative estimate of drug-likeness (QED) is 0.411. The first-order valence-electron chi connectivity index (χ1n) is 13.3. The number of aliphatic hydroxyl groups excluding tert-OH is 2. The summed E-state index contributed by atoms with van der Waals surface area (Å²) in [5.74, 6) is 0.649. The average Bonchev–Trinajstić information content (AvgIpc) is 3.12. The molecule has 0 amide bonds. The molecule has 3 aliphatic rings. The molecule has 34 heavy (non-hydrogen) atoms. The summed E-state index contributed by atoms with van der Waals surface area (Å²) in [7, 11) is 0. The number of hydrogen-bond acceptors (Lipinski definition) is 5. The van der Waals surface area contributed by atoms with Gasteiger partial charge in [0.15, 0.2) is 0 Å². The average molecular weight is 475 g/mol. The predicted octanol–water partition coefficient (Wildman–Crippen LogP) is 5.39. The predicted molar refractivity (Wildman–Crippen MR) is 135 cm³/mol. The Bertz CT molecular complexity index is 809. The molecule has 3 N–H and O–H groups in total. The minimum absolute atomic E-state index is 0.108. The Labute approximate surface area is 206 Å². The molecule has 0 aromatic heterocycles. The van der Waals surface area contributed by atoms with Crippen LogP contribution in [0.5, 0.6) is 0 Å². The Hall–Kier alpha value is -1.43. The van der Waals surface area contributed by atoms with Crippen LogP contribution in [0.1, 0.15) is 98.3 Å². The molecule has 5 heteroatoms. The molecular formula is C29H46O5. The van der Waals surface area contributed by atoms with E-state index in [1.54, 1.807) is 0 Å². The molecule has 0 spiro atoms. The fourth-order valence-corrected chi connectivity index (χ4v) is 6.65. The van der Waals surface area contributed by atoms with Gasteiger partial charge in [0.2, 0.25) is 0 Å². The maximum Gasteiger partial charge on any atom is 0.306 e. The zero-order valence-electron chi connectivity index (χ0n) is 21.7.